The third kappa shape index (κ3) is 3.75. The molecular weight excluding hydrogens is 280 g/mol. The van der Waals surface area contributed by atoms with Crippen LogP contribution in [0.25, 0.3) is 0 Å². The lowest BCUT2D eigenvalue weighted by Gasteiger charge is -2.13. The van der Waals surface area contributed by atoms with Crippen molar-refractivity contribution in [2.24, 2.45) is 0 Å². The lowest BCUT2D eigenvalue weighted by atomic mass is 10.1. The Kier molecular flexibility index (Phi) is 4.99. The van der Waals surface area contributed by atoms with Crippen molar-refractivity contribution in [2.75, 3.05) is 5.32 Å². The van der Waals surface area contributed by atoms with E-state index in [0.717, 1.165) is 12.0 Å². The monoisotopic (exact) mass is 300 g/mol. The third-order valence-corrected chi connectivity index (χ3v) is 3.48. The lowest BCUT2D eigenvalue weighted by Crippen LogP contribution is -2.32. The number of anilines is 1. The van der Waals surface area contributed by atoms with Crippen molar-refractivity contribution in [3.63, 3.8) is 0 Å². The van der Waals surface area contributed by atoms with E-state index in [9.17, 15) is 9.59 Å². The van der Waals surface area contributed by atoms with Gasteiger partial charge in [-0.3, -0.25) is 9.59 Å². The Labute approximate surface area is 129 Å². The van der Waals surface area contributed by atoms with Crippen LogP contribution in [0, 0.1) is 6.92 Å². The van der Waals surface area contributed by atoms with Gasteiger partial charge < -0.3 is 15.1 Å². The molecule has 1 unspecified atom stereocenters. The van der Waals surface area contributed by atoms with E-state index in [-0.39, 0.29) is 23.6 Å². The first-order valence-electron chi connectivity index (χ1n) is 7.27. The van der Waals surface area contributed by atoms with Gasteiger partial charge in [0.25, 0.3) is 11.8 Å². The molecule has 5 nitrogen and oxygen atoms in total. The summed E-state index contributed by atoms with van der Waals surface area (Å²) in [4.78, 5) is 24.2. The molecule has 0 spiro atoms. The van der Waals surface area contributed by atoms with Gasteiger partial charge in [-0.05, 0) is 50.1 Å². The highest BCUT2D eigenvalue weighted by molar-refractivity contribution is 6.03. The second-order valence-corrected chi connectivity index (χ2v) is 5.24. The predicted molar refractivity (Wildman–Crippen MR) is 85.1 cm³/mol. The van der Waals surface area contributed by atoms with Crippen LogP contribution in [-0.2, 0) is 0 Å². The minimum absolute atomic E-state index is 0.106. The Morgan fingerprint density at radius 1 is 1.23 bits per heavy atom. The maximum atomic E-state index is 12.1. The standard InChI is InChI=1S/C17H20N2O3/c1-4-12(3)18-16(20)13-8-7-11(2)14(10-13)19-17(21)15-6-5-9-22-15/h5-10,12H,4H2,1-3H3,(H,18,20)(H,19,21). The number of rotatable bonds is 5. The molecule has 2 aromatic rings. The molecule has 1 atom stereocenters. The number of furan rings is 1. The van der Waals surface area contributed by atoms with Crippen molar-refractivity contribution in [3.05, 3.63) is 53.5 Å². The Morgan fingerprint density at radius 3 is 2.64 bits per heavy atom. The van der Waals surface area contributed by atoms with Gasteiger partial charge >= 0.3 is 0 Å². The van der Waals surface area contributed by atoms with Crippen LogP contribution in [-0.4, -0.2) is 17.9 Å². The largest absolute Gasteiger partial charge is 0.459 e. The average Bonchev–Trinajstić information content (AvgIpc) is 3.03. The quantitative estimate of drug-likeness (QED) is 0.889. The highest BCUT2D eigenvalue weighted by Gasteiger charge is 2.13. The zero-order valence-corrected chi connectivity index (χ0v) is 13.0. The molecule has 0 aliphatic heterocycles. The Balaban J connectivity index is 2.16. The van der Waals surface area contributed by atoms with Crippen LogP contribution < -0.4 is 10.6 Å². The van der Waals surface area contributed by atoms with Crippen molar-refractivity contribution in [1.82, 2.24) is 5.32 Å². The van der Waals surface area contributed by atoms with Gasteiger partial charge in [-0.25, -0.2) is 0 Å². The topological polar surface area (TPSA) is 71.3 Å². The molecule has 1 aromatic carbocycles. The fourth-order valence-electron chi connectivity index (χ4n) is 1.90. The predicted octanol–water partition coefficient (Wildman–Crippen LogP) is 3.37. The molecule has 0 aliphatic carbocycles. The van der Waals surface area contributed by atoms with Gasteiger partial charge in [0.05, 0.1) is 6.26 Å². The summed E-state index contributed by atoms with van der Waals surface area (Å²) in [5, 5.41) is 5.67. The second-order valence-electron chi connectivity index (χ2n) is 5.24. The number of hydrogen-bond acceptors (Lipinski definition) is 3. The van der Waals surface area contributed by atoms with Crippen LogP contribution in [0.4, 0.5) is 5.69 Å². The van der Waals surface area contributed by atoms with E-state index < -0.39 is 0 Å². The van der Waals surface area contributed by atoms with Crippen molar-refractivity contribution < 1.29 is 14.0 Å². The average molecular weight is 300 g/mol. The summed E-state index contributed by atoms with van der Waals surface area (Å²) in [6, 6.07) is 8.57. The first-order valence-corrected chi connectivity index (χ1v) is 7.27. The van der Waals surface area contributed by atoms with Gasteiger partial charge in [0.1, 0.15) is 0 Å². The van der Waals surface area contributed by atoms with Gasteiger partial charge in [0, 0.05) is 17.3 Å². The van der Waals surface area contributed by atoms with E-state index in [0.29, 0.717) is 11.3 Å². The SMILES string of the molecule is CCC(C)NC(=O)c1ccc(C)c(NC(=O)c2ccco2)c1. The number of nitrogens with one attached hydrogen (secondary N) is 2. The number of amides is 2. The minimum atomic E-state index is -0.340. The van der Waals surface area contributed by atoms with E-state index in [2.05, 4.69) is 10.6 Å². The molecule has 116 valence electrons. The van der Waals surface area contributed by atoms with Crippen LogP contribution in [0.15, 0.2) is 41.0 Å². The van der Waals surface area contributed by atoms with E-state index in [1.54, 1.807) is 24.3 Å². The number of benzene rings is 1. The molecule has 0 saturated carbocycles. The van der Waals surface area contributed by atoms with E-state index >= 15 is 0 Å². The summed E-state index contributed by atoms with van der Waals surface area (Å²) in [6.45, 7) is 5.83. The van der Waals surface area contributed by atoms with Crippen molar-refractivity contribution >= 4 is 17.5 Å². The fourth-order valence-corrected chi connectivity index (χ4v) is 1.90. The molecule has 0 bridgehead atoms. The smallest absolute Gasteiger partial charge is 0.291 e. The summed E-state index contributed by atoms with van der Waals surface area (Å²) in [7, 11) is 0. The molecule has 0 saturated heterocycles. The molecular formula is C17H20N2O3. The molecule has 2 N–H and O–H groups in total. The normalized spacial score (nSPS) is 11.8. The zero-order valence-electron chi connectivity index (χ0n) is 13.0. The summed E-state index contributed by atoms with van der Waals surface area (Å²) in [5.74, 6) is -0.260. The first-order chi connectivity index (χ1) is 10.5. The highest BCUT2D eigenvalue weighted by Crippen LogP contribution is 2.18. The van der Waals surface area contributed by atoms with Crippen LogP contribution in [0.1, 0.15) is 46.7 Å². The van der Waals surface area contributed by atoms with Crippen LogP contribution in [0.5, 0.6) is 0 Å². The molecule has 0 fully saturated rings. The van der Waals surface area contributed by atoms with Crippen LogP contribution in [0.3, 0.4) is 0 Å². The van der Waals surface area contributed by atoms with Crippen LogP contribution in [0.2, 0.25) is 0 Å². The van der Waals surface area contributed by atoms with Gasteiger partial charge in [0.2, 0.25) is 0 Å². The minimum Gasteiger partial charge on any atom is -0.459 e. The maximum absolute atomic E-state index is 12.1. The van der Waals surface area contributed by atoms with E-state index in [1.165, 1.54) is 6.26 Å². The second kappa shape index (κ2) is 6.93. The summed E-state index contributed by atoms with van der Waals surface area (Å²) in [6.07, 6.45) is 2.30. The summed E-state index contributed by atoms with van der Waals surface area (Å²) in [5.41, 5.74) is 1.99. The van der Waals surface area contributed by atoms with Gasteiger partial charge in [0.15, 0.2) is 5.76 Å². The molecule has 1 aromatic heterocycles. The molecule has 5 heteroatoms. The number of carbonyl (C=O) groups excluding carboxylic acids is 2. The maximum Gasteiger partial charge on any atom is 0.291 e. The first kappa shape index (κ1) is 15.8. The molecule has 2 amide bonds. The Bertz CT molecular complexity index is 663. The molecule has 2 rings (SSSR count). The molecule has 0 radical (unpaired) electrons. The van der Waals surface area contributed by atoms with Crippen molar-refractivity contribution in [3.8, 4) is 0 Å². The van der Waals surface area contributed by atoms with Crippen molar-refractivity contribution in [1.29, 1.82) is 0 Å². The number of carbonyl (C=O) groups is 2. The summed E-state index contributed by atoms with van der Waals surface area (Å²) < 4.78 is 5.06. The van der Waals surface area contributed by atoms with Crippen molar-refractivity contribution in [2.45, 2.75) is 33.2 Å². The van der Waals surface area contributed by atoms with E-state index in [4.69, 9.17) is 4.42 Å². The van der Waals surface area contributed by atoms with Gasteiger partial charge in [-0.2, -0.15) is 0 Å². The van der Waals surface area contributed by atoms with Gasteiger partial charge in [-0.1, -0.05) is 13.0 Å². The van der Waals surface area contributed by atoms with Crippen LogP contribution >= 0.6 is 0 Å². The highest BCUT2D eigenvalue weighted by atomic mass is 16.3. The van der Waals surface area contributed by atoms with Gasteiger partial charge in [-0.15, -0.1) is 0 Å². The molecule has 1 heterocycles. The Morgan fingerprint density at radius 2 is 2.00 bits per heavy atom. The Hall–Kier alpha value is -2.56. The summed E-state index contributed by atoms with van der Waals surface area (Å²) >= 11 is 0. The lowest BCUT2D eigenvalue weighted by molar-refractivity contribution is 0.0937. The fraction of sp³-hybridized carbons (Fsp3) is 0.294. The van der Waals surface area contributed by atoms with E-state index in [1.807, 2.05) is 26.8 Å². The molecule has 22 heavy (non-hydrogen) atoms. The zero-order chi connectivity index (χ0) is 16.1. The number of hydrogen-bond donors (Lipinski definition) is 2. The molecule has 0 aliphatic rings. The number of aryl methyl sites for hydroxylation is 1. The third-order valence-electron chi connectivity index (χ3n) is 3.48.